The summed E-state index contributed by atoms with van der Waals surface area (Å²) in [5, 5.41) is 0. The fourth-order valence-corrected chi connectivity index (χ4v) is 0.872. The monoisotopic (exact) mass is 252 g/mol. The van der Waals surface area contributed by atoms with Crippen LogP contribution >= 0.6 is 31.9 Å². The third-order valence-electron chi connectivity index (χ3n) is 0.714. The molecule has 0 aromatic carbocycles. The van der Waals surface area contributed by atoms with Gasteiger partial charge in [-0.1, -0.05) is 0 Å². The maximum atomic E-state index is 3.95. The molecule has 50 valence electrons. The van der Waals surface area contributed by atoms with Crippen LogP contribution < -0.4 is 6.15 Å². The fourth-order valence-electron chi connectivity index (χ4n) is 0.366. The lowest BCUT2D eigenvalue weighted by atomic mass is 10.5. The summed E-state index contributed by atoms with van der Waals surface area (Å²) in [6.45, 7) is 0. The molecular formula is C5H6Br2N2. The number of hydrogen-bond donors (Lipinski definition) is 1. The third-order valence-corrected chi connectivity index (χ3v) is 2.52. The molecule has 1 rings (SSSR count). The Morgan fingerprint density at radius 3 is 2.33 bits per heavy atom. The second-order valence-corrected chi connectivity index (χ2v) is 2.88. The van der Waals surface area contributed by atoms with Gasteiger partial charge in [-0.2, -0.15) is 0 Å². The highest BCUT2D eigenvalue weighted by molar-refractivity contribution is 9.13. The van der Waals surface area contributed by atoms with E-state index >= 15 is 0 Å². The highest BCUT2D eigenvalue weighted by atomic mass is 79.9. The summed E-state index contributed by atoms with van der Waals surface area (Å²) in [7, 11) is 0. The van der Waals surface area contributed by atoms with Gasteiger partial charge in [0, 0.05) is 6.20 Å². The van der Waals surface area contributed by atoms with Crippen LogP contribution in [0, 0.1) is 0 Å². The lowest BCUT2D eigenvalue weighted by Crippen LogP contribution is -1.71. The minimum atomic E-state index is 0. The van der Waals surface area contributed by atoms with Gasteiger partial charge in [-0.05, 0) is 44.0 Å². The van der Waals surface area contributed by atoms with Gasteiger partial charge >= 0.3 is 0 Å². The highest BCUT2D eigenvalue weighted by Crippen LogP contribution is 2.17. The van der Waals surface area contributed by atoms with E-state index in [9.17, 15) is 0 Å². The molecule has 1 aromatic heterocycles. The Morgan fingerprint density at radius 1 is 1.33 bits per heavy atom. The van der Waals surface area contributed by atoms with E-state index in [2.05, 4.69) is 36.8 Å². The number of pyridine rings is 1. The van der Waals surface area contributed by atoms with Crippen LogP contribution in [0.3, 0.4) is 0 Å². The van der Waals surface area contributed by atoms with Crippen molar-refractivity contribution in [3.8, 4) is 0 Å². The first kappa shape index (κ1) is 9.07. The predicted molar refractivity (Wildman–Crippen MR) is 44.7 cm³/mol. The van der Waals surface area contributed by atoms with Crippen molar-refractivity contribution in [1.29, 1.82) is 0 Å². The first-order valence-electron chi connectivity index (χ1n) is 2.07. The van der Waals surface area contributed by atoms with Crippen LogP contribution in [-0.2, 0) is 0 Å². The standard InChI is InChI=1S/C5H3Br2N.H3N/c6-4-2-1-3-8-5(4)7;/h1-3H;1H3. The molecule has 4 heteroatoms. The molecule has 1 aromatic rings. The van der Waals surface area contributed by atoms with Crippen LogP contribution in [0.5, 0.6) is 0 Å². The first-order valence-corrected chi connectivity index (χ1v) is 3.65. The van der Waals surface area contributed by atoms with Crippen LogP contribution in [0.15, 0.2) is 27.4 Å². The Morgan fingerprint density at radius 2 is 2.00 bits per heavy atom. The average molecular weight is 254 g/mol. The van der Waals surface area contributed by atoms with Gasteiger partial charge in [0.25, 0.3) is 0 Å². The summed E-state index contributed by atoms with van der Waals surface area (Å²) in [5.41, 5.74) is 0. The molecule has 2 nitrogen and oxygen atoms in total. The van der Waals surface area contributed by atoms with Crippen LogP contribution in [-0.4, -0.2) is 4.98 Å². The van der Waals surface area contributed by atoms with E-state index in [1.165, 1.54) is 0 Å². The van der Waals surface area contributed by atoms with Crippen molar-refractivity contribution in [2.24, 2.45) is 0 Å². The summed E-state index contributed by atoms with van der Waals surface area (Å²) < 4.78 is 1.83. The summed E-state index contributed by atoms with van der Waals surface area (Å²) in [4.78, 5) is 3.95. The molecule has 0 aliphatic heterocycles. The zero-order valence-electron chi connectivity index (χ0n) is 4.64. The molecule has 0 aliphatic rings. The van der Waals surface area contributed by atoms with Crippen molar-refractivity contribution in [2.75, 3.05) is 0 Å². The molecule has 0 spiro atoms. The zero-order chi connectivity index (χ0) is 5.98. The van der Waals surface area contributed by atoms with Gasteiger partial charge < -0.3 is 6.15 Å². The number of hydrogen-bond acceptors (Lipinski definition) is 2. The number of nitrogens with zero attached hydrogens (tertiary/aromatic N) is 1. The molecule has 1 heterocycles. The first-order chi connectivity index (χ1) is 3.80. The molecule has 9 heavy (non-hydrogen) atoms. The number of halogens is 2. The van der Waals surface area contributed by atoms with Gasteiger partial charge in [-0.3, -0.25) is 0 Å². The quantitative estimate of drug-likeness (QED) is 0.723. The van der Waals surface area contributed by atoms with Gasteiger partial charge in [0.05, 0.1) is 4.47 Å². The van der Waals surface area contributed by atoms with Crippen molar-refractivity contribution in [3.05, 3.63) is 27.4 Å². The molecule has 0 radical (unpaired) electrons. The molecule has 0 atom stereocenters. The lowest BCUT2D eigenvalue weighted by Gasteiger charge is -1.88. The molecule has 0 amide bonds. The summed E-state index contributed by atoms with van der Waals surface area (Å²) in [6, 6.07) is 3.80. The Labute approximate surface area is 70.5 Å². The second kappa shape index (κ2) is 3.98. The lowest BCUT2D eigenvalue weighted by molar-refractivity contribution is 1.26. The van der Waals surface area contributed by atoms with Crippen LogP contribution in [0.2, 0.25) is 0 Å². The van der Waals surface area contributed by atoms with Crippen molar-refractivity contribution in [2.45, 2.75) is 0 Å². The largest absolute Gasteiger partial charge is 0.344 e. The maximum Gasteiger partial charge on any atom is 0.120 e. The average Bonchev–Trinajstić information content (AvgIpc) is 1.77. The number of rotatable bonds is 0. The minimum absolute atomic E-state index is 0. The van der Waals surface area contributed by atoms with Crippen molar-refractivity contribution < 1.29 is 0 Å². The van der Waals surface area contributed by atoms with Gasteiger partial charge in [0.15, 0.2) is 0 Å². The third kappa shape index (κ3) is 2.43. The molecule has 0 saturated carbocycles. The molecule has 0 saturated heterocycles. The van der Waals surface area contributed by atoms with Crippen molar-refractivity contribution >= 4 is 31.9 Å². The topological polar surface area (TPSA) is 47.9 Å². The summed E-state index contributed by atoms with van der Waals surface area (Å²) >= 11 is 6.52. The maximum absolute atomic E-state index is 3.95. The van der Waals surface area contributed by atoms with E-state index < -0.39 is 0 Å². The van der Waals surface area contributed by atoms with Gasteiger partial charge in [-0.25, -0.2) is 4.98 Å². The van der Waals surface area contributed by atoms with Gasteiger partial charge in [0.2, 0.25) is 0 Å². The Balaban J connectivity index is 0.000000640. The smallest absolute Gasteiger partial charge is 0.120 e. The molecular weight excluding hydrogens is 248 g/mol. The van der Waals surface area contributed by atoms with E-state index in [1.807, 2.05) is 12.1 Å². The summed E-state index contributed by atoms with van der Waals surface area (Å²) in [6.07, 6.45) is 1.73. The normalized spacial score (nSPS) is 8.22. The van der Waals surface area contributed by atoms with Crippen LogP contribution in [0.4, 0.5) is 0 Å². The Kier molecular flexibility index (Phi) is 4.01. The predicted octanol–water partition coefficient (Wildman–Crippen LogP) is 2.77. The molecule has 0 fully saturated rings. The van der Waals surface area contributed by atoms with Crippen LogP contribution in [0.1, 0.15) is 0 Å². The van der Waals surface area contributed by atoms with E-state index in [1.54, 1.807) is 6.20 Å². The van der Waals surface area contributed by atoms with E-state index in [0.717, 1.165) is 9.08 Å². The SMILES string of the molecule is Brc1cccnc1Br.N. The molecule has 3 N–H and O–H groups in total. The van der Waals surface area contributed by atoms with Gasteiger partial charge in [0.1, 0.15) is 4.60 Å². The fraction of sp³-hybridized carbons (Fsp3) is 0. The second-order valence-electron chi connectivity index (χ2n) is 1.28. The van der Waals surface area contributed by atoms with Crippen LogP contribution in [0.25, 0.3) is 0 Å². The minimum Gasteiger partial charge on any atom is -0.344 e. The Bertz CT molecular complexity index is 169. The van der Waals surface area contributed by atoms with Gasteiger partial charge in [-0.15, -0.1) is 0 Å². The molecule has 0 aliphatic carbocycles. The molecule has 0 unspecified atom stereocenters. The van der Waals surface area contributed by atoms with E-state index in [0.29, 0.717) is 0 Å². The Hall–Kier alpha value is 0.0700. The van der Waals surface area contributed by atoms with Crippen molar-refractivity contribution in [3.63, 3.8) is 0 Å². The number of aromatic nitrogens is 1. The highest BCUT2D eigenvalue weighted by Gasteiger charge is 1.90. The summed E-state index contributed by atoms with van der Waals surface area (Å²) in [5.74, 6) is 0. The van der Waals surface area contributed by atoms with E-state index in [-0.39, 0.29) is 6.15 Å². The molecule has 0 bridgehead atoms. The zero-order valence-corrected chi connectivity index (χ0v) is 7.81. The van der Waals surface area contributed by atoms with Crippen molar-refractivity contribution in [1.82, 2.24) is 11.1 Å². The van der Waals surface area contributed by atoms with E-state index in [4.69, 9.17) is 0 Å².